The van der Waals surface area contributed by atoms with Crippen molar-refractivity contribution in [3.63, 3.8) is 0 Å². The fraction of sp³-hybridized carbons (Fsp3) is 0.500. The zero-order valence-corrected chi connectivity index (χ0v) is 9.86. The van der Waals surface area contributed by atoms with Gasteiger partial charge in [0.05, 0.1) is 5.92 Å². The van der Waals surface area contributed by atoms with Crippen LogP contribution in [0.25, 0.3) is 0 Å². The molecule has 1 saturated carbocycles. The number of rotatable bonds is 3. The van der Waals surface area contributed by atoms with Crippen LogP contribution in [-0.2, 0) is 4.79 Å². The number of benzene rings is 1. The van der Waals surface area contributed by atoms with E-state index in [1.165, 1.54) is 17.5 Å². The fourth-order valence-corrected chi connectivity index (χ4v) is 2.35. The van der Waals surface area contributed by atoms with Crippen molar-refractivity contribution >= 4 is 5.97 Å². The predicted molar refractivity (Wildman–Crippen MR) is 63.6 cm³/mol. The third-order valence-electron chi connectivity index (χ3n) is 3.78. The second kappa shape index (κ2) is 4.28. The van der Waals surface area contributed by atoms with Gasteiger partial charge < -0.3 is 5.11 Å². The zero-order chi connectivity index (χ0) is 11.7. The highest BCUT2D eigenvalue weighted by atomic mass is 16.4. The standard InChI is InChI=1S/C14H18O2/c1-9-6-7-12(8-10(9)2)13(14(15)16)11-4-3-5-11/h6-8,11,13H,3-5H2,1-2H3,(H,15,16). The van der Waals surface area contributed by atoms with Gasteiger partial charge in [0.1, 0.15) is 0 Å². The van der Waals surface area contributed by atoms with Gasteiger partial charge in [-0.05, 0) is 49.3 Å². The van der Waals surface area contributed by atoms with Gasteiger partial charge >= 0.3 is 5.97 Å². The van der Waals surface area contributed by atoms with E-state index in [4.69, 9.17) is 0 Å². The molecule has 0 aromatic heterocycles. The Morgan fingerprint density at radius 1 is 1.31 bits per heavy atom. The summed E-state index contributed by atoms with van der Waals surface area (Å²) in [5, 5.41) is 9.32. The maximum Gasteiger partial charge on any atom is 0.311 e. The zero-order valence-electron chi connectivity index (χ0n) is 9.86. The van der Waals surface area contributed by atoms with Crippen LogP contribution in [0, 0.1) is 19.8 Å². The molecule has 1 N–H and O–H groups in total. The van der Waals surface area contributed by atoms with E-state index in [1.54, 1.807) is 0 Å². The summed E-state index contributed by atoms with van der Waals surface area (Å²) in [5.41, 5.74) is 3.38. The molecule has 0 spiro atoms. The molecule has 1 aromatic carbocycles. The molecule has 1 aromatic rings. The number of hydrogen-bond acceptors (Lipinski definition) is 1. The molecule has 1 atom stereocenters. The summed E-state index contributed by atoms with van der Waals surface area (Å²) < 4.78 is 0. The molecule has 0 aliphatic heterocycles. The number of carbonyl (C=O) groups is 1. The summed E-state index contributed by atoms with van der Waals surface area (Å²) in [5.74, 6) is -0.624. The molecule has 0 radical (unpaired) electrons. The number of hydrogen-bond donors (Lipinski definition) is 1. The van der Waals surface area contributed by atoms with Crippen molar-refractivity contribution in [3.05, 3.63) is 34.9 Å². The molecule has 2 rings (SSSR count). The van der Waals surface area contributed by atoms with Crippen LogP contribution in [0.3, 0.4) is 0 Å². The molecular weight excluding hydrogens is 200 g/mol. The summed E-state index contributed by atoms with van der Waals surface area (Å²) in [4.78, 5) is 11.3. The second-order valence-electron chi connectivity index (χ2n) is 4.85. The van der Waals surface area contributed by atoms with Gasteiger partial charge in [0.15, 0.2) is 0 Å². The normalized spacial score (nSPS) is 17.9. The monoisotopic (exact) mass is 218 g/mol. The van der Waals surface area contributed by atoms with Crippen molar-refractivity contribution in [1.82, 2.24) is 0 Å². The Labute approximate surface area is 96.3 Å². The quantitative estimate of drug-likeness (QED) is 0.845. The molecule has 0 heterocycles. The Balaban J connectivity index is 2.31. The van der Waals surface area contributed by atoms with E-state index >= 15 is 0 Å². The van der Waals surface area contributed by atoms with Crippen LogP contribution in [0.1, 0.15) is 41.9 Å². The summed E-state index contributed by atoms with van der Waals surface area (Å²) in [7, 11) is 0. The summed E-state index contributed by atoms with van der Waals surface area (Å²) in [6.45, 7) is 4.09. The average molecular weight is 218 g/mol. The summed E-state index contributed by atoms with van der Waals surface area (Å²) in [6.07, 6.45) is 3.30. The molecule has 1 unspecified atom stereocenters. The van der Waals surface area contributed by atoms with E-state index in [1.807, 2.05) is 25.1 Å². The number of aryl methyl sites for hydroxylation is 2. The van der Waals surface area contributed by atoms with Crippen LogP contribution in [0.2, 0.25) is 0 Å². The maximum absolute atomic E-state index is 11.3. The Morgan fingerprint density at radius 2 is 2.00 bits per heavy atom. The molecule has 16 heavy (non-hydrogen) atoms. The molecule has 86 valence electrons. The highest BCUT2D eigenvalue weighted by Crippen LogP contribution is 2.39. The molecule has 0 saturated heterocycles. The second-order valence-corrected chi connectivity index (χ2v) is 4.85. The lowest BCUT2D eigenvalue weighted by Gasteiger charge is -2.31. The predicted octanol–water partition coefficient (Wildman–Crippen LogP) is 3.27. The average Bonchev–Trinajstić information content (AvgIpc) is 2.15. The van der Waals surface area contributed by atoms with Crippen molar-refractivity contribution in [2.24, 2.45) is 5.92 Å². The minimum atomic E-state index is -0.673. The first-order valence-corrected chi connectivity index (χ1v) is 5.89. The van der Waals surface area contributed by atoms with Gasteiger partial charge in [0.2, 0.25) is 0 Å². The van der Waals surface area contributed by atoms with Crippen molar-refractivity contribution in [2.45, 2.75) is 39.0 Å². The Kier molecular flexibility index (Phi) is 2.99. The molecule has 2 heteroatoms. The van der Waals surface area contributed by atoms with E-state index in [0.29, 0.717) is 5.92 Å². The smallest absolute Gasteiger partial charge is 0.311 e. The molecular formula is C14H18O2. The van der Waals surface area contributed by atoms with Gasteiger partial charge in [-0.25, -0.2) is 0 Å². The summed E-state index contributed by atoms with van der Waals surface area (Å²) >= 11 is 0. The van der Waals surface area contributed by atoms with Gasteiger partial charge in [0.25, 0.3) is 0 Å². The third-order valence-corrected chi connectivity index (χ3v) is 3.78. The third kappa shape index (κ3) is 1.97. The van der Waals surface area contributed by atoms with Gasteiger partial charge in [-0.2, -0.15) is 0 Å². The molecule has 2 nitrogen and oxygen atoms in total. The summed E-state index contributed by atoms with van der Waals surface area (Å²) in [6, 6.07) is 6.03. The Morgan fingerprint density at radius 3 is 2.44 bits per heavy atom. The van der Waals surface area contributed by atoms with Crippen LogP contribution < -0.4 is 0 Å². The highest BCUT2D eigenvalue weighted by molar-refractivity contribution is 5.76. The first-order chi connectivity index (χ1) is 7.59. The lowest BCUT2D eigenvalue weighted by atomic mass is 9.73. The maximum atomic E-state index is 11.3. The van der Waals surface area contributed by atoms with Crippen LogP contribution >= 0.6 is 0 Å². The van der Waals surface area contributed by atoms with Crippen molar-refractivity contribution in [3.8, 4) is 0 Å². The largest absolute Gasteiger partial charge is 0.481 e. The first-order valence-electron chi connectivity index (χ1n) is 5.89. The van der Waals surface area contributed by atoms with Gasteiger partial charge in [-0.1, -0.05) is 24.6 Å². The van der Waals surface area contributed by atoms with Crippen LogP contribution in [0.5, 0.6) is 0 Å². The molecule has 1 aliphatic carbocycles. The number of carboxylic acids is 1. The number of aliphatic carboxylic acids is 1. The van der Waals surface area contributed by atoms with Crippen molar-refractivity contribution in [2.75, 3.05) is 0 Å². The van der Waals surface area contributed by atoms with Crippen molar-refractivity contribution in [1.29, 1.82) is 0 Å². The Bertz CT molecular complexity index is 405. The lowest BCUT2D eigenvalue weighted by molar-refractivity contribution is -0.141. The van der Waals surface area contributed by atoms with Crippen LogP contribution in [-0.4, -0.2) is 11.1 Å². The van der Waals surface area contributed by atoms with Gasteiger partial charge in [0, 0.05) is 0 Å². The fourth-order valence-electron chi connectivity index (χ4n) is 2.35. The minimum absolute atomic E-state index is 0.298. The van der Waals surface area contributed by atoms with Crippen LogP contribution in [0.15, 0.2) is 18.2 Å². The lowest BCUT2D eigenvalue weighted by Crippen LogP contribution is -2.26. The topological polar surface area (TPSA) is 37.3 Å². The van der Waals surface area contributed by atoms with Gasteiger partial charge in [-0.15, -0.1) is 0 Å². The van der Waals surface area contributed by atoms with E-state index in [2.05, 4.69) is 6.92 Å². The van der Waals surface area contributed by atoms with Crippen molar-refractivity contribution < 1.29 is 9.90 Å². The SMILES string of the molecule is Cc1ccc(C(C(=O)O)C2CCC2)cc1C. The number of carboxylic acid groups (broad SMARTS) is 1. The molecule has 1 fully saturated rings. The molecule has 0 amide bonds. The van der Waals surface area contributed by atoms with E-state index in [-0.39, 0.29) is 5.92 Å². The Hall–Kier alpha value is -1.31. The first kappa shape index (κ1) is 11.2. The van der Waals surface area contributed by atoms with E-state index in [0.717, 1.165) is 18.4 Å². The van der Waals surface area contributed by atoms with E-state index in [9.17, 15) is 9.90 Å². The molecule has 1 aliphatic rings. The van der Waals surface area contributed by atoms with Crippen LogP contribution in [0.4, 0.5) is 0 Å². The minimum Gasteiger partial charge on any atom is -0.481 e. The molecule has 0 bridgehead atoms. The van der Waals surface area contributed by atoms with E-state index < -0.39 is 5.97 Å². The highest BCUT2D eigenvalue weighted by Gasteiger charge is 2.33. The van der Waals surface area contributed by atoms with Gasteiger partial charge in [-0.3, -0.25) is 4.79 Å².